The van der Waals surface area contributed by atoms with E-state index in [1.165, 1.54) is 12.7 Å². The average molecular weight is 343 g/mol. The highest BCUT2D eigenvalue weighted by Crippen LogP contribution is 2.23. The standard InChI is InChI=1S/C20H25NO4/c1-4-14-5-8-17(9-6-14)25-13-16-11-15(7-10-19(16)23-2)12-18(21)20(22)24-3/h5-11,18H,4,12-13,21H2,1-3H3. The first-order valence-electron chi connectivity index (χ1n) is 8.28. The van der Waals surface area contributed by atoms with Gasteiger partial charge in [-0.25, -0.2) is 0 Å². The summed E-state index contributed by atoms with van der Waals surface area (Å²) in [6.45, 7) is 2.49. The third kappa shape index (κ3) is 5.22. The van der Waals surface area contributed by atoms with Gasteiger partial charge in [0.1, 0.15) is 24.1 Å². The van der Waals surface area contributed by atoms with Gasteiger partial charge in [0.05, 0.1) is 14.2 Å². The maximum atomic E-state index is 11.5. The molecular formula is C20H25NO4. The molecule has 0 fully saturated rings. The maximum Gasteiger partial charge on any atom is 0.322 e. The number of rotatable bonds is 8. The van der Waals surface area contributed by atoms with Crippen LogP contribution in [0.3, 0.4) is 0 Å². The van der Waals surface area contributed by atoms with E-state index in [-0.39, 0.29) is 0 Å². The fraction of sp³-hybridized carbons (Fsp3) is 0.350. The van der Waals surface area contributed by atoms with Gasteiger partial charge in [-0.15, -0.1) is 0 Å². The molecule has 5 nitrogen and oxygen atoms in total. The Kier molecular flexibility index (Phi) is 6.83. The van der Waals surface area contributed by atoms with Crippen LogP contribution < -0.4 is 15.2 Å². The lowest BCUT2D eigenvalue weighted by Crippen LogP contribution is -2.33. The molecular weight excluding hydrogens is 318 g/mol. The normalized spacial score (nSPS) is 11.7. The number of benzene rings is 2. The van der Waals surface area contributed by atoms with Crippen LogP contribution in [0.15, 0.2) is 42.5 Å². The fourth-order valence-electron chi connectivity index (χ4n) is 2.54. The predicted molar refractivity (Wildman–Crippen MR) is 96.8 cm³/mol. The molecule has 0 spiro atoms. The highest BCUT2D eigenvalue weighted by atomic mass is 16.5. The van der Waals surface area contributed by atoms with Gasteiger partial charge in [-0.1, -0.05) is 25.1 Å². The second kappa shape index (κ2) is 9.08. The van der Waals surface area contributed by atoms with Crippen molar-refractivity contribution in [3.63, 3.8) is 0 Å². The first-order chi connectivity index (χ1) is 12.1. The van der Waals surface area contributed by atoms with E-state index < -0.39 is 12.0 Å². The Bertz CT molecular complexity index is 697. The lowest BCUT2D eigenvalue weighted by molar-refractivity contribution is -0.142. The Morgan fingerprint density at radius 1 is 1.08 bits per heavy atom. The molecule has 2 aromatic carbocycles. The van der Waals surface area contributed by atoms with Crippen molar-refractivity contribution in [2.24, 2.45) is 5.73 Å². The maximum absolute atomic E-state index is 11.5. The Hall–Kier alpha value is -2.53. The van der Waals surface area contributed by atoms with Crippen LogP contribution in [0.1, 0.15) is 23.6 Å². The summed E-state index contributed by atoms with van der Waals surface area (Å²) in [5.74, 6) is 1.11. The number of carbonyl (C=O) groups excluding carboxylic acids is 1. The van der Waals surface area contributed by atoms with E-state index in [1.54, 1.807) is 7.11 Å². The number of nitrogens with two attached hydrogens (primary N) is 1. The third-order valence-corrected chi connectivity index (χ3v) is 4.03. The number of hydrogen-bond acceptors (Lipinski definition) is 5. The molecule has 0 aliphatic carbocycles. The van der Waals surface area contributed by atoms with Gasteiger partial charge < -0.3 is 19.9 Å². The minimum absolute atomic E-state index is 0.371. The highest BCUT2D eigenvalue weighted by Gasteiger charge is 2.15. The van der Waals surface area contributed by atoms with E-state index in [4.69, 9.17) is 15.2 Å². The molecule has 2 N–H and O–H groups in total. The molecule has 0 saturated heterocycles. The first-order valence-corrected chi connectivity index (χ1v) is 8.28. The molecule has 0 aromatic heterocycles. The van der Waals surface area contributed by atoms with Crippen LogP contribution in [0.5, 0.6) is 11.5 Å². The lowest BCUT2D eigenvalue weighted by Gasteiger charge is -2.14. The van der Waals surface area contributed by atoms with E-state index in [1.807, 2.05) is 30.3 Å². The summed E-state index contributed by atoms with van der Waals surface area (Å²) in [5, 5.41) is 0. The van der Waals surface area contributed by atoms with Crippen molar-refractivity contribution in [2.75, 3.05) is 14.2 Å². The zero-order valence-electron chi connectivity index (χ0n) is 15.0. The summed E-state index contributed by atoms with van der Waals surface area (Å²) in [6.07, 6.45) is 1.39. The molecule has 1 unspecified atom stereocenters. The summed E-state index contributed by atoms with van der Waals surface area (Å²) in [5.41, 5.74) is 8.93. The van der Waals surface area contributed by atoms with Crippen LogP contribution in [0.4, 0.5) is 0 Å². The average Bonchev–Trinajstić information content (AvgIpc) is 2.66. The first kappa shape index (κ1) is 18.8. The van der Waals surface area contributed by atoms with Gasteiger partial charge in [0, 0.05) is 5.56 Å². The van der Waals surface area contributed by atoms with Crippen molar-refractivity contribution in [2.45, 2.75) is 32.4 Å². The largest absolute Gasteiger partial charge is 0.496 e. The summed E-state index contributed by atoms with van der Waals surface area (Å²) in [7, 11) is 2.95. The molecule has 1 atom stereocenters. The predicted octanol–water partition coefficient (Wildman–Crippen LogP) is 2.88. The second-order valence-electron chi connectivity index (χ2n) is 5.77. The van der Waals surface area contributed by atoms with Crippen LogP contribution in [0.25, 0.3) is 0 Å². The summed E-state index contributed by atoms with van der Waals surface area (Å²) in [6, 6.07) is 13.0. The van der Waals surface area contributed by atoms with Crippen LogP contribution >= 0.6 is 0 Å². The Morgan fingerprint density at radius 2 is 1.76 bits per heavy atom. The molecule has 5 heteroatoms. The second-order valence-corrected chi connectivity index (χ2v) is 5.77. The van der Waals surface area contributed by atoms with Crippen molar-refractivity contribution in [1.29, 1.82) is 0 Å². The Balaban J connectivity index is 2.09. The van der Waals surface area contributed by atoms with Gasteiger partial charge in [-0.2, -0.15) is 0 Å². The van der Waals surface area contributed by atoms with Crippen LogP contribution in [0, 0.1) is 0 Å². The number of ether oxygens (including phenoxy) is 3. The Morgan fingerprint density at radius 3 is 2.36 bits per heavy atom. The molecule has 0 bridgehead atoms. The number of carbonyl (C=O) groups is 1. The van der Waals surface area contributed by atoms with Gasteiger partial charge in [0.15, 0.2) is 0 Å². The molecule has 2 aromatic rings. The van der Waals surface area contributed by atoms with Crippen LogP contribution in [-0.4, -0.2) is 26.2 Å². The summed E-state index contributed by atoms with van der Waals surface area (Å²) in [4.78, 5) is 11.5. The smallest absolute Gasteiger partial charge is 0.322 e. The number of hydrogen-bond donors (Lipinski definition) is 1. The van der Waals surface area contributed by atoms with Crippen molar-refractivity contribution in [3.8, 4) is 11.5 Å². The summed E-state index contributed by atoms with van der Waals surface area (Å²) < 4.78 is 15.9. The van der Waals surface area contributed by atoms with Crippen molar-refractivity contribution in [1.82, 2.24) is 0 Å². The van der Waals surface area contributed by atoms with Gasteiger partial charge in [0.2, 0.25) is 0 Å². The van der Waals surface area contributed by atoms with Crippen molar-refractivity contribution < 1.29 is 19.0 Å². The molecule has 2 rings (SSSR count). The van der Waals surface area contributed by atoms with Crippen molar-refractivity contribution in [3.05, 3.63) is 59.2 Å². The molecule has 0 aliphatic rings. The van der Waals surface area contributed by atoms with Crippen molar-refractivity contribution >= 4 is 5.97 Å². The molecule has 25 heavy (non-hydrogen) atoms. The van der Waals surface area contributed by atoms with Gasteiger partial charge in [-0.05, 0) is 48.2 Å². The molecule has 0 saturated carbocycles. The minimum atomic E-state index is -0.686. The Labute approximate surface area is 148 Å². The summed E-state index contributed by atoms with van der Waals surface area (Å²) >= 11 is 0. The van der Waals surface area contributed by atoms with E-state index in [0.29, 0.717) is 13.0 Å². The highest BCUT2D eigenvalue weighted by molar-refractivity contribution is 5.75. The number of aryl methyl sites for hydroxylation is 1. The molecule has 134 valence electrons. The van der Waals surface area contributed by atoms with Crippen LogP contribution in [-0.2, 0) is 29.0 Å². The molecule has 0 amide bonds. The number of methoxy groups -OCH3 is 2. The third-order valence-electron chi connectivity index (χ3n) is 4.03. The SMILES string of the molecule is CCc1ccc(OCc2cc(CC(N)C(=O)OC)ccc2OC)cc1. The van der Waals surface area contributed by atoms with E-state index in [2.05, 4.69) is 23.8 Å². The quantitative estimate of drug-likeness (QED) is 0.746. The molecule has 0 radical (unpaired) electrons. The van der Waals surface area contributed by atoms with Gasteiger partial charge in [-0.3, -0.25) is 4.79 Å². The number of esters is 1. The zero-order valence-corrected chi connectivity index (χ0v) is 15.0. The fourth-order valence-corrected chi connectivity index (χ4v) is 2.54. The topological polar surface area (TPSA) is 70.8 Å². The van der Waals surface area contributed by atoms with E-state index in [9.17, 15) is 4.79 Å². The zero-order chi connectivity index (χ0) is 18.2. The monoisotopic (exact) mass is 343 g/mol. The minimum Gasteiger partial charge on any atom is -0.496 e. The van der Waals surface area contributed by atoms with Gasteiger partial charge in [0.25, 0.3) is 0 Å². The van der Waals surface area contributed by atoms with E-state index in [0.717, 1.165) is 29.0 Å². The van der Waals surface area contributed by atoms with Crippen LogP contribution in [0.2, 0.25) is 0 Å². The van der Waals surface area contributed by atoms with Gasteiger partial charge >= 0.3 is 5.97 Å². The lowest BCUT2D eigenvalue weighted by atomic mass is 10.0. The molecule has 0 heterocycles. The van der Waals surface area contributed by atoms with E-state index >= 15 is 0 Å². The molecule has 0 aliphatic heterocycles.